The van der Waals surface area contributed by atoms with Crippen molar-refractivity contribution in [2.45, 2.75) is 0 Å². The summed E-state index contributed by atoms with van der Waals surface area (Å²) in [5.74, 6) is 0. The molecule has 0 saturated carbocycles. The number of furan rings is 1. The van der Waals surface area contributed by atoms with Crippen LogP contribution in [0.15, 0.2) is 265 Å². The predicted molar refractivity (Wildman–Crippen MR) is 298 cm³/mol. The Kier molecular flexibility index (Phi) is 9.25. The van der Waals surface area contributed by atoms with Crippen molar-refractivity contribution < 1.29 is 4.42 Å². The van der Waals surface area contributed by atoms with Crippen LogP contribution in [0.5, 0.6) is 0 Å². The van der Waals surface area contributed by atoms with Gasteiger partial charge in [-0.3, -0.25) is 0 Å². The van der Waals surface area contributed by atoms with E-state index in [0.717, 1.165) is 61.1 Å². The molecule has 0 fully saturated rings. The van der Waals surface area contributed by atoms with Crippen LogP contribution in [0.4, 0.5) is 17.1 Å². The zero-order valence-electron chi connectivity index (χ0n) is 38.2. The minimum atomic E-state index is 0.843. The second-order valence-corrected chi connectivity index (χ2v) is 18.4. The van der Waals surface area contributed by atoms with Gasteiger partial charge in [0.15, 0.2) is 5.58 Å². The number of hydrogen-bond acceptors (Lipinski definition) is 2. The molecular formula is C68H43NO. The fourth-order valence-corrected chi connectivity index (χ4v) is 11.0. The molecule has 0 aliphatic carbocycles. The van der Waals surface area contributed by atoms with Crippen LogP contribution in [0.3, 0.4) is 0 Å². The molecule has 1 aromatic heterocycles. The first-order valence-corrected chi connectivity index (χ1v) is 24.1. The second-order valence-electron chi connectivity index (χ2n) is 18.4. The van der Waals surface area contributed by atoms with E-state index in [1.54, 1.807) is 0 Å². The Hall–Kier alpha value is -9.24. The Morgan fingerprint density at radius 1 is 0.243 bits per heavy atom. The third kappa shape index (κ3) is 6.57. The monoisotopic (exact) mass is 889 g/mol. The third-order valence-electron chi connectivity index (χ3n) is 14.4. The smallest absolute Gasteiger partial charge is 0.159 e. The number of anilines is 3. The second kappa shape index (κ2) is 16.2. The molecule has 14 rings (SSSR count). The van der Waals surface area contributed by atoms with Gasteiger partial charge in [-0.25, -0.2) is 0 Å². The molecule has 0 saturated heterocycles. The van der Waals surface area contributed by atoms with E-state index in [1.165, 1.54) is 76.3 Å². The number of hydrogen-bond donors (Lipinski definition) is 0. The van der Waals surface area contributed by atoms with Gasteiger partial charge in [-0.1, -0.05) is 212 Å². The highest BCUT2D eigenvalue weighted by Crippen LogP contribution is 2.49. The summed E-state index contributed by atoms with van der Waals surface area (Å²) in [6.45, 7) is 0. The molecule has 0 radical (unpaired) electrons. The molecule has 0 spiro atoms. The van der Waals surface area contributed by atoms with Gasteiger partial charge in [0.1, 0.15) is 5.58 Å². The predicted octanol–water partition coefficient (Wildman–Crippen LogP) is 19.5. The molecule has 70 heavy (non-hydrogen) atoms. The summed E-state index contributed by atoms with van der Waals surface area (Å²) >= 11 is 0. The van der Waals surface area contributed by atoms with Gasteiger partial charge in [0, 0.05) is 27.4 Å². The van der Waals surface area contributed by atoms with Gasteiger partial charge < -0.3 is 9.32 Å². The Morgan fingerprint density at radius 2 is 0.771 bits per heavy atom. The average Bonchev–Trinajstić information content (AvgIpc) is 3.84. The van der Waals surface area contributed by atoms with Gasteiger partial charge in [0.2, 0.25) is 0 Å². The molecule has 2 nitrogen and oxygen atoms in total. The van der Waals surface area contributed by atoms with Crippen LogP contribution >= 0.6 is 0 Å². The third-order valence-corrected chi connectivity index (χ3v) is 14.4. The van der Waals surface area contributed by atoms with Gasteiger partial charge in [0.25, 0.3) is 0 Å². The summed E-state index contributed by atoms with van der Waals surface area (Å²) in [5.41, 5.74) is 14.2. The van der Waals surface area contributed by atoms with Gasteiger partial charge in [-0.15, -0.1) is 0 Å². The Bertz CT molecular complexity index is 4350. The van der Waals surface area contributed by atoms with E-state index in [2.05, 4.69) is 266 Å². The lowest BCUT2D eigenvalue weighted by molar-refractivity contribution is 0.670. The van der Waals surface area contributed by atoms with Gasteiger partial charge in [0.05, 0.1) is 11.4 Å². The highest BCUT2D eigenvalue weighted by atomic mass is 16.3. The molecule has 0 bridgehead atoms. The maximum absolute atomic E-state index is 7.30. The fourth-order valence-electron chi connectivity index (χ4n) is 11.0. The molecule has 326 valence electrons. The highest BCUT2D eigenvalue weighted by Gasteiger charge is 2.24. The van der Waals surface area contributed by atoms with E-state index in [0.29, 0.717) is 0 Å². The summed E-state index contributed by atoms with van der Waals surface area (Å²) < 4.78 is 7.30. The van der Waals surface area contributed by atoms with Crippen molar-refractivity contribution in [1.82, 2.24) is 0 Å². The Balaban J connectivity index is 0.940. The quantitative estimate of drug-likeness (QED) is 0.159. The van der Waals surface area contributed by atoms with E-state index in [4.69, 9.17) is 4.42 Å². The standard InChI is InChI=1S/C68H43NO/c1-2-15-47(16-3-1)63-43-54-19-7-9-22-57(54)66-62-26-13-27-65(67(62)70-68(63)66)69(64-39-38-60(59-23-10-11-24-61(59)64)58-25-12-20-46-17-6-8-21-56(46)58)55-36-34-45(35-37-55)49-30-31-52-42-53(33-32-51(52)41-49)50-29-28-44-14-4-5-18-48(44)40-50/h1-43H. The number of nitrogens with zero attached hydrogens (tertiary/aromatic N) is 1. The molecule has 0 unspecified atom stereocenters. The first-order valence-electron chi connectivity index (χ1n) is 24.1. The minimum absolute atomic E-state index is 0.843. The maximum atomic E-state index is 7.30. The first kappa shape index (κ1) is 39.9. The average molecular weight is 890 g/mol. The van der Waals surface area contributed by atoms with E-state index in [9.17, 15) is 0 Å². The van der Waals surface area contributed by atoms with Crippen molar-refractivity contribution in [3.8, 4) is 44.5 Å². The highest BCUT2D eigenvalue weighted by molar-refractivity contribution is 6.24. The van der Waals surface area contributed by atoms with Gasteiger partial charge in [-0.05, 0) is 136 Å². The van der Waals surface area contributed by atoms with Crippen molar-refractivity contribution in [3.63, 3.8) is 0 Å². The van der Waals surface area contributed by atoms with Crippen molar-refractivity contribution in [3.05, 3.63) is 261 Å². The summed E-state index contributed by atoms with van der Waals surface area (Å²) in [4.78, 5) is 2.41. The van der Waals surface area contributed by atoms with Crippen molar-refractivity contribution >= 4 is 92.9 Å². The van der Waals surface area contributed by atoms with E-state index in [1.807, 2.05) is 0 Å². The molecule has 0 aliphatic rings. The molecule has 0 N–H and O–H groups in total. The van der Waals surface area contributed by atoms with Crippen LogP contribution in [0.25, 0.3) is 120 Å². The lowest BCUT2D eigenvalue weighted by Gasteiger charge is -2.28. The van der Waals surface area contributed by atoms with Gasteiger partial charge in [-0.2, -0.15) is 0 Å². The summed E-state index contributed by atoms with van der Waals surface area (Å²) in [6, 6.07) is 94.9. The molecule has 1 heterocycles. The molecular weight excluding hydrogens is 847 g/mol. The summed E-state index contributed by atoms with van der Waals surface area (Å²) in [5, 5.41) is 14.3. The van der Waals surface area contributed by atoms with Crippen LogP contribution in [0.2, 0.25) is 0 Å². The topological polar surface area (TPSA) is 16.4 Å². The van der Waals surface area contributed by atoms with Crippen LogP contribution < -0.4 is 4.90 Å². The van der Waals surface area contributed by atoms with E-state index >= 15 is 0 Å². The SMILES string of the molecule is c1ccc(-c2cc3ccccc3c3c2oc2c(N(c4ccc(-c5ccc6cc(-c7ccc8ccccc8c7)ccc6c5)cc4)c4ccc(-c5cccc6ccccc56)c5ccccc45)cccc23)cc1. The van der Waals surface area contributed by atoms with Crippen molar-refractivity contribution in [1.29, 1.82) is 0 Å². The Morgan fingerprint density at radius 3 is 1.53 bits per heavy atom. The normalized spacial score (nSPS) is 11.7. The molecule has 13 aromatic carbocycles. The summed E-state index contributed by atoms with van der Waals surface area (Å²) in [7, 11) is 0. The minimum Gasteiger partial charge on any atom is -0.453 e. The lowest BCUT2D eigenvalue weighted by atomic mass is 9.92. The summed E-state index contributed by atoms with van der Waals surface area (Å²) in [6.07, 6.45) is 0. The molecule has 0 atom stereocenters. The maximum Gasteiger partial charge on any atom is 0.159 e. The van der Waals surface area contributed by atoms with E-state index < -0.39 is 0 Å². The molecule has 14 aromatic rings. The van der Waals surface area contributed by atoms with Gasteiger partial charge >= 0.3 is 0 Å². The molecule has 2 heteroatoms. The van der Waals surface area contributed by atoms with Crippen molar-refractivity contribution in [2.75, 3.05) is 4.90 Å². The number of para-hydroxylation sites is 1. The van der Waals surface area contributed by atoms with Crippen molar-refractivity contribution in [2.24, 2.45) is 0 Å². The first-order chi connectivity index (χ1) is 34.7. The molecule has 0 aliphatic heterocycles. The number of benzene rings is 13. The number of fused-ring (bicyclic) bond motifs is 9. The van der Waals surface area contributed by atoms with Crippen LogP contribution in [-0.2, 0) is 0 Å². The number of rotatable bonds is 7. The largest absolute Gasteiger partial charge is 0.453 e. The fraction of sp³-hybridized carbons (Fsp3) is 0. The lowest BCUT2D eigenvalue weighted by Crippen LogP contribution is -2.11. The van der Waals surface area contributed by atoms with Crippen LogP contribution in [0.1, 0.15) is 0 Å². The Labute approximate surface area is 405 Å². The van der Waals surface area contributed by atoms with Crippen LogP contribution in [0, 0.1) is 0 Å². The zero-order chi connectivity index (χ0) is 46.1. The van der Waals surface area contributed by atoms with E-state index in [-0.39, 0.29) is 0 Å². The zero-order valence-corrected chi connectivity index (χ0v) is 38.2. The molecule has 0 amide bonds. The van der Waals surface area contributed by atoms with Crippen LogP contribution in [-0.4, -0.2) is 0 Å².